The van der Waals surface area contributed by atoms with Gasteiger partial charge in [-0.3, -0.25) is 9.88 Å². The molecule has 2 fully saturated rings. The van der Waals surface area contributed by atoms with Crippen molar-refractivity contribution in [2.45, 2.75) is 18.5 Å². The van der Waals surface area contributed by atoms with Gasteiger partial charge in [-0.1, -0.05) is 6.07 Å². The van der Waals surface area contributed by atoms with Crippen LogP contribution in [-0.4, -0.2) is 59.3 Å². The molecule has 2 aliphatic heterocycles. The number of rotatable bonds is 6. The van der Waals surface area contributed by atoms with Crippen LogP contribution in [0, 0.1) is 0 Å². The van der Waals surface area contributed by atoms with Crippen molar-refractivity contribution in [3.8, 4) is 0 Å². The van der Waals surface area contributed by atoms with Crippen LogP contribution in [0.2, 0.25) is 0 Å². The zero-order valence-electron chi connectivity index (χ0n) is 15.0. The lowest BCUT2D eigenvalue weighted by molar-refractivity contribution is 0.0366. The van der Waals surface area contributed by atoms with E-state index in [9.17, 15) is 0 Å². The molecule has 2 aromatic heterocycles. The lowest BCUT2D eigenvalue weighted by atomic mass is 10.0. The number of thiocarbonyl (C=S) groups is 1. The van der Waals surface area contributed by atoms with Crippen LogP contribution in [0.3, 0.4) is 0 Å². The first kappa shape index (κ1) is 19.3. The van der Waals surface area contributed by atoms with Gasteiger partial charge in [-0.2, -0.15) is 0 Å². The van der Waals surface area contributed by atoms with E-state index in [1.54, 1.807) is 11.3 Å². The summed E-state index contributed by atoms with van der Waals surface area (Å²) in [6, 6.07) is 8.52. The Kier molecular flexibility index (Phi) is 6.39. The highest BCUT2D eigenvalue weighted by molar-refractivity contribution is 9.10. The average molecular weight is 467 g/mol. The average Bonchev–Trinajstić information content (AvgIpc) is 3.27. The van der Waals surface area contributed by atoms with Gasteiger partial charge in [0.2, 0.25) is 0 Å². The molecule has 4 rings (SSSR count). The molecule has 0 unspecified atom stereocenters. The Bertz CT molecular complexity index is 766. The third kappa shape index (κ3) is 4.51. The number of hydrogen-bond acceptors (Lipinski definition) is 5. The summed E-state index contributed by atoms with van der Waals surface area (Å²) in [5, 5.41) is 6.48. The first-order valence-electron chi connectivity index (χ1n) is 9.24. The molecule has 0 spiro atoms. The quantitative estimate of drug-likeness (QED) is 0.655. The third-order valence-electron chi connectivity index (χ3n) is 5.05. The monoisotopic (exact) mass is 466 g/mol. The van der Waals surface area contributed by atoms with Crippen molar-refractivity contribution < 1.29 is 4.74 Å². The number of hydrogen-bond donors (Lipinski definition) is 1. The first-order valence-corrected chi connectivity index (χ1v) is 11.3. The van der Waals surface area contributed by atoms with Crippen molar-refractivity contribution in [2.75, 3.05) is 39.4 Å². The first-order chi connectivity index (χ1) is 13.2. The SMILES string of the molecule is S=C1N[C@@H](c2ccccn2)[C@@H](c2cc(Br)cs2)N1CCCN1CCOCC1. The predicted octanol–water partition coefficient (Wildman–Crippen LogP) is 3.60. The Morgan fingerprint density at radius 1 is 1.30 bits per heavy atom. The molecular formula is C19H23BrN4OS2. The lowest BCUT2D eigenvalue weighted by Gasteiger charge is -2.30. The number of ether oxygens (including phenoxy) is 1. The van der Waals surface area contributed by atoms with Gasteiger partial charge in [-0.25, -0.2) is 0 Å². The molecule has 0 bridgehead atoms. The number of thiophene rings is 1. The molecule has 0 amide bonds. The predicted molar refractivity (Wildman–Crippen MR) is 116 cm³/mol. The second kappa shape index (κ2) is 8.96. The minimum absolute atomic E-state index is 0.0765. The van der Waals surface area contributed by atoms with E-state index < -0.39 is 0 Å². The number of morpholine rings is 1. The molecule has 144 valence electrons. The van der Waals surface area contributed by atoms with Crippen LogP contribution in [0.4, 0.5) is 0 Å². The molecule has 5 nitrogen and oxygen atoms in total. The van der Waals surface area contributed by atoms with Crippen LogP contribution in [-0.2, 0) is 4.74 Å². The molecule has 1 N–H and O–H groups in total. The highest BCUT2D eigenvalue weighted by Crippen LogP contribution is 2.41. The fourth-order valence-corrected chi connectivity index (χ4v) is 5.65. The third-order valence-corrected chi connectivity index (χ3v) is 7.17. The minimum Gasteiger partial charge on any atom is -0.379 e. The molecule has 0 aliphatic carbocycles. The second-order valence-corrected chi connectivity index (χ2v) is 9.04. The van der Waals surface area contributed by atoms with Gasteiger partial charge in [0.1, 0.15) is 0 Å². The van der Waals surface area contributed by atoms with Crippen LogP contribution >= 0.6 is 39.5 Å². The zero-order valence-corrected chi connectivity index (χ0v) is 18.2. The summed E-state index contributed by atoms with van der Waals surface area (Å²) in [5.41, 5.74) is 1.03. The molecule has 0 radical (unpaired) electrons. The maximum Gasteiger partial charge on any atom is 0.170 e. The van der Waals surface area contributed by atoms with Crippen LogP contribution in [0.5, 0.6) is 0 Å². The summed E-state index contributed by atoms with van der Waals surface area (Å²) in [6.45, 7) is 5.76. The number of nitrogens with zero attached hydrogens (tertiary/aromatic N) is 3. The van der Waals surface area contributed by atoms with Gasteiger partial charge >= 0.3 is 0 Å². The summed E-state index contributed by atoms with van der Waals surface area (Å²) in [7, 11) is 0. The Balaban J connectivity index is 1.50. The van der Waals surface area contributed by atoms with Crippen LogP contribution in [0.25, 0.3) is 0 Å². The van der Waals surface area contributed by atoms with Gasteiger partial charge in [0, 0.05) is 47.1 Å². The van der Waals surface area contributed by atoms with E-state index in [1.165, 1.54) is 4.88 Å². The van der Waals surface area contributed by atoms with Crippen molar-refractivity contribution >= 4 is 44.6 Å². The number of nitrogens with one attached hydrogen (secondary N) is 1. The highest BCUT2D eigenvalue weighted by Gasteiger charge is 2.40. The molecule has 0 aromatic carbocycles. The Morgan fingerprint density at radius 2 is 2.15 bits per heavy atom. The normalized spacial score (nSPS) is 23.6. The van der Waals surface area contributed by atoms with E-state index >= 15 is 0 Å². The van der Waals surface area contributed by atoms with E-state index in [0.717, 1.165) is 61.1 Å². The van der Waals surface area contributed by atoms with Gasteiger partial charge in [0.05, 0.1) is 31.0 Å². The highest BCUT2D eigenvalue weighted by atomic mass is 79.9. The van der Waals surface area contributed by atoms with E-state index in [0.29, 0.717) is 0 Å². The molecule has 27 heavy (non-hydrogen) atoms. The van der Waals surface area contributed by atoms with E-state index in [-0.39, 0.29) is 12.1 Å². The van der Waals surface area contributed by atoms with E-state index in [2.05, 4.69) is 53.5 Å². The van der Waals surface area contributed by atoms with Crippen LogP contribution in [0.15, 0.2) is 40.3 Å². The molecule has 4 heterocycles. The second-order valence-electron chi connectivity index (χ2n) is 6.79. The Morgan fingerprint density at radius 3 is 2.85 bits per heavy atom. The lowest BCUT2D eigenvalue weighted by Crippen LogP contribution is -2.38. The van der Waals surface area contributed by atoms with Crippen LogP contribution < -0.4 is 5.32 Å². The van der Waals surface area contributed by atoms with Crippen molar-refractivity contribution in [1.82, 2.24) is 20.1 Å². The smallest absolute Gasteiger partial charge is 0.170 e. The summed E-state index contributed by atoms with van der Waals surface area (Å²) in [6.07, 6.45) is 2.93. The molecular weight excluding hydrogens is 444 g/mol. The Labute approximate surface area is 177 Å². The fourth-order valence-electron chi connectivity index (χ4n) is 3.73. The fraction of sp³-hybridized carbons (Fsp3) is 0.474. The zero-order chi connectivity index (χ0) is 18.6. The van der Waals surface area contributed by atoms with Gasteiger partial charge in [-0.05, 0) is 52.8 Å². The van der Waals surface area contributed by atoms with Gasteiger partial charge in [0.15, 0.2) is 5.11 Å². The van der Waals surface area contributed by atoms with Gasteiger partial charge < -0.3 is 15.0 Å². The molecule has 2 aliphatic rings. The molecule has 8 heteroatoms. The van der Waals surface area contributed by atoms with Crippen molar-refractivity contribution in [1.29, 1.82) is 0 Å². The summed E-state index contributed by atoms with van der Waals surface area (Å²) in [4.78, 5) is 10.7. The van der Waals surface area contributed by atoms with Gasteiger partial charge in [-0.15, -0.1) is 11.3 Å². The molecule has 2 saturated heterocycles. The maximum atomic E-state index is 5.72. The standard InChI is InChI=1S/C19H23BrN4OS2/c20-14-12-16(27-13-14)18-17(15-4-1-2-5-21-15)22-19(26)24(18)7-3-6-23-8-10-25-11-9-23/h1-2,4-5,12-13,17-18H,3,6-11H2,(H,22,26)/t17-,18+/m0/s1. The largest absolute Gasteiger partial charge is 0.379 e. The van der Waals surface area contributed by atoms with Crippen molar-refractivity contribution in [2.24, 2.45) is 0 Å². The van der Waals surface area contributed by atoms with Crippen molar-refractivity contribution in [3.05, 3.63) is 50.9 Å². The number of aromatic nitrogens is 1. The number of pyridine rings is 1. The number of halogens is 1. The molecule has 0 saturated carbocycles. The van der Waals surface area contributed by atoms with Crippen LogP contribution in [0.1, 0.15) is 29.1 Å². The topological polar surface area (TPSA) is 40.6 Å². The molecule has 2 aromatic rings. The summed E-state index contributed by atoms with van der Waals surface area (Å²) >= 11 is 11.1. The maximum absolute atomic E-state index is 5.72. The molecule has 2 atom stereocenters. The summed E-state index contributed by atoms with van der Waals surface area (Å²) in [5.74, 6) is 0. The minimum atomic E-state index is 0.0765. The Hall–Kier alpha value is -1.06. The van der Waals surface area contributed by atoms with E-state index in [1.807, 2.05) is 18.3 Å². The van der Waals surface area contributed by atoms with E-state index in [4.69, 9.17) is 17.0 Å². The van der Waals surface area contributed by atoms with Crippen molar-refractivity contribution in [3.63, 3.8) is 0 Å². The summed E-state index contributed by atoms with van der Waals surface area (Å²) < 4.78 is 6.56. The van der Waals surface area contributed by atoms with Gasteiger partial charge in [0.25, 0.3) is 0 Å².